The topological polar surface area (TPSA) is 47.6 Å². The van der Waals surface area contributed by atoms with Crippen molar-refractivity contribution in [2.45, 2.75) is 52.7 Å². The van der Waals surface area contributed by atoms with E-state index in [0.29, 0.717) is 5.75 Å². The normalized spacial score (nSPS) is 11.9. The van der Waals surface area contributed by atoms with Gasteiger partial charge in [-0.25, -0.2) is 4.79 Å². The van der Waals surface area contributed by atoms with Crippen LogP contribution >= 0.6 is 0 Å². The molecule has 1 N–H and O–H groups in total. The van der Waals surface area contributed by atoms with Crippen LogP contribution in [0, 0.1) is 0 Å². The Morgan fingerprint density at radius 2 is 1.60 bits per heavy atom. The van der Waals surface area contributed by atoms with Gasteiger partial charge in [-0.2, -0.15) is 0 Å². The third-order valence-corrected chi connectivity index (χ3v) is 2.15. The number of carbonyl (C=O) groups excluding carboxylic acids is 1. The molecule has 0 unspecified atom stereocenters. The van der Waals surface area contributed by atoms with E-state index in [4.69, 9.17) is 9.47 Å². The Hall–Kier alpha value is -1.71. The Kier molecular flexibility index (Phi) is 5.03. The highest BCUT2D eigenvalue weighted by atomic mass is 16.6. The molecule has 112 valence electrons. The first-order valence-corrected chi connectivity index (χ1v) is 6.78. The number of esters is 1. The molecule has 1 aromatic rings. The summed E-state index contributed by atoms with van der Waals surface area (Å²) in [5, 5.41) is 3.36. The highest BCUT2D eigenvalue weighted by Crippen LogP contribution is 2.19. The lowest BCUT2D eigenvalue weighted by molar-refractivity contribution is -0.157. The molecule has 1 aromatic carbocycles. The average Bonchev–Trinajstić information content (AvgIpc) is 2.23. The lowest BCUT2D eigenvalue weighted by Crippen LogP contribution is -2.27. The molecule has 20 heavy (non-hydrogen) atoms. The van der Waals surface area contributed by atoms with Crippen molar-refractivity contribution in [1.29, 1.82) is 0 Å². The van der Waals surface area contributed by atoms with Crippen molar-refractivity contribution < 1.29 is 14.3 Å². The zero-order valence-electron chi connectivity index (χ0n) is 13.2. The van der Waals surface area contributed by atoms with E-state index in [2.05, 4.69) is 26.1 Å². The van der Waals surface area contributed by atoms with Crippen LogP contribution in [0.3, 0.4) is 0 Å². The maximum atomic E-state index is 11.5. The van der Waals surface area contributed by atoms with Gasteiger partial charge in [-0.15, -0.1) is 0 Å². The van der Waals surface area contributed by atoms with E-state index >= 15 is 0 Å². The van der Waals surface area contributed by atoms with Crippen LogP contribution in [-0.4, -0.2) is 23.7 Å². The van der Waals surface area contributed by atoms with Crippen LogP contribution in [0.4, 0.5) is 5.69 Å². The van der Waals surface area contributed by atoms with Gasteiger partial charge in [-0.1, -0.05) is 0 Å². The standard InChI is InChI=1S/C16H25NO3/c1-15(2,3)17-12-7-9-13(10-8-12)19-11-14(18)20-16(4,5)6/h7-10,17H,11H2,1-6H3. The SMILES string of the molecule is CC(C)(C)Nc1ccc(OCC(=O)OC(C)(C)C)cc1. The molecule has 0 saturated carbocycles. The second-order valence-electron chi connectivity index (χ2n) is 6.77. The molecule has 0 aliphatic carbocycles. The molecule has 0 fully saturated rings. The van der Waals surface area contributed by atoms with Crippen molar-refractivity contribution >= 4 is 11.7 Å². The smallest absolute Gasteiger partial charge is 0.344 e. The maximum absolute atomic E-state index is 11.5. The van der Waals surface area contributed by atoms with Gasteiger partial charge in [0.05, 0.1) is 0 Å². The van der Waals surface area contributed by atoms with Crippen LogP contribution < -0.4 is 10.1 Å². The number of anilines is 1. The van der Waals surface area contributed by atoms with Crippen molar-refractivity contribution in [1.82, 2.24) is 0 Å². The fraction of sp³-hybridized carbons (Fsp3) is 0.562. The van der Waals surface area contributed by atoms with Crippen LogP contribution in [0.2, 0.25) is 0 Å². The highest BCUT2D eigenvalue weighted by Gasteiger charge is 2.16. The van der Waals surface area contributed by atoms with Crippen molar-refractivity contribution in [2.24, 2.45) is 0 Å². The van der Waals surface area contributed by atoms with Gasteiger partial charge in [0.15, 0.2) is 6.61 Å². The zero-order valence-corrected chi connectivity index (χ0v) is 13.2. The molecule has 0 bridgehead atoms. The summed E-state index contributed by atoms with van der Waals surface area (Å²) >= 11 is 0. The molecule has 4 nitrogen and oxygen atoms in total. The average molecular weight is 279 g/mol. The van der Waals surface area contributed by atoms with E-state index < -0.39 is 5.60 Å². The first kappa shape index (κ1) is 16.3. The Morgan fingerprint density at radius 3 is 2.05 bits per heavy atom. The summed E-state index contributed by atoms with van der Waals surface area (Å²) in [6.07, 6.45) is 0. The molecule has 0 aromatic heterocycles. The van der Waals surface area contributed by atoms with Gasteiger partial charge in [-0.05, 0) is 65.8 Å². The fourth-order valence-corrected chi connectivity index (χ4v) is 1.58. The molecule has 0 aliphatic heterocycles. The Balaban J connectivity index is 2.48. The summed E-state index contributed by atoms with van der Waals surface area (Å²) in [6.45, 7) is 11.7. The number of rotatable bonds is 4. The van der Waals surface area contributed by atoms with Gasteiger partial charge in [0.25, 0.3) is 0 Å². The molecule has 1 rings (SSSR count). The molecule has 0 atom stereocenters. The van der Waals surface area contributed by atoms with Crippen LogP contribution in [0.25, 0.3) is 0 Å². The largest absolute Gasteiger partial charge is 0.482 e. The second kappa shape index (κ2) is 6.16. The Bertz CT molecular complexity index is 438. The first-order chi connectivity index (χ1) is 9.05. The lowest BCUT2D eigenvalue weighted by atomic mass is 10.1. The van der Waals surface area contributed by atoms with Crippen LogP contribution in [-0.2, 0) is 9.53 Å². The summed E-state index contributed by atoms with van der Waals surface area (Å²) in [7, 11) is 0. The van der Waals surface area contributed by atoms with Gasteiger partial charge in [0.1, 0.15) is 11.4 Å². The molecule has 0 aliphatic rings. The van der Waals surface area contributed by atoms with Crippen molar-refractivity contribution in [3.63, 3.8) is 0 Å². The minimum Gasteiger partial charge on any atom is -0.482 e. The van der Waals surface area contributed by atoms with Gasteiger partial charge >= 0.3 is 5.97 Å². The molecular weight excluding hydrogens is 254 g/mol. The van der Waals surface area contributed by atoms with E-state index in [-0.39, 0.29) is 18.1 Å². The third kappa shape index (κ3) is 7.02. The van der Waals surface area contributed by atoms with E-state index in [1.807, 2.05) is 45.0 Å². The van der Waals surface area contributed by atoms with Crippen LogP contribution in [0.15, 0.2) is 24.3 Å². The van der Waals surface area contributed by atoms with Crippen LogP contribution in [0.5, 0.6) is 5.75 Å². The summed E-state index contributed by atoms with van der Waals surface area (Å²) in [6, 6.07) is 7.52. The molecular formula is C16H25NO3. The summed E-state index contributed by atoms with van der Waals surface area (Å²) < 4.78 is 10.6. The molecule has 0 amide bonds. The van der Waals surface area contributed by atoms with Crippen LogP contribution in [0.1, 0.15) is 41.5 Å². The summed E-state index contributed by atoms with van der Waals surface area (Å²) in [5.41, 5.74) is 0.543. The molecule has 0 heterocycles. The van der Waals surface area contributed by atoms with Crippen molar-refractivity contribution in [3.05, 3.63) is 24.3 Å². The van der Waals surface area contributed by atoms with Gasteiger partial charge in [-0.3, -0.25) is 0 Å². The van der Waals surface area contributed by atoms with Gasteiger partial charge in [0.2, 0.25) is 0 Å². The van der Waals surface area contributed by atoms with Crippen molar-refractivity contribution in [2.75, 3.05) is 11.9 Å². The number of carbonyl (C=O) groups is 1. The molecule has 0 radical (unpaired) electrons. The first-order valence-electron chi connectivity index (χ1n) is 6.78. The fourth-order valence-electron chi connectivity index (χ4n) is 1.58. The number of hydrogen-bond donors (Lipinski definition) is 1. The molecule has 0 spiro atoms. The predicted octanol–water partition coefficient (Wildman–Crippen LogP) is 3.62. The number of ether oxygens (including phenoxy) is 2. The maximum Gasteiger partial charge on any atom is 0.344 e. The third-order valence-electron chi connectivity index (χ3n) is 2.15. The summed E-state index contributed by atoms with van der Waals surface area (Å²) in [5.74, 6) is 0.282. The zero-order chi connectivity index (χ0) is 15.4. The predicted molar refractivity (Wildman–Crippen MR) is 81.2 cm³/mol. The van der Waals surface area contributed by atoms with Gasteiger partial charge in [0, 0.05) is 11.2 Å². The Labute approximate surface area is 121 Å². The van der Waals surface area contributed by atoms with E-state index in [9.17, 15) is 4.79 Å². The Morgan fingerprint density at radius 1 is 1.05 bits per heavy atom. The van der Waals surface area contributed by atoms with E-state index in [0.717, 1.165) is 5.69 Å². The molecule has 0 saturated heterocycles. The minimum absolute atomic E-state index is 0.0128. The monoisotopic (exact) mass is 279 g/mol. The minimum atomic E-state index is -0.485. The summed E-state index contributed by atoms with van der Waals surface area (Å²) in [4.78, 5) is 11.5. The van der Waals surface area contributed by atoms with E-state index in [1.165, 1.54) is 0 Å². The number of benzene rings is 1. The number of hydrogen-bond acceptors (Lipinski definition) is 4. The second-order valence-corrected chi connectivity index (χ2v) is 6.77. The number of nitrogens with one attached hydrogen (secondary N) is 1. The lowest BCUT2D eigenvalue weighted by Gasteiger charge is -2.22. The highest BCUT2D eigenvalue weighted by molar-refractivity contribution is 5.71. The quantitative estimate of drug-likeness (QED) is 0.855. The van der Waals surface area contributed by atoms with Crippen molar-refractivity contribution in [3.8, 4) is 5.75 Å². The molecule has 4 heteroatoms. The van der Waals surface area contributed by atoms with E-state index in [1.54, 1.807) is 0 Å². The van der Waals surface area contributed by atoms with Gasteiger partial charge < -0.3 is 14.8 Å².